The largest absolute Gasteiger partial charge is 0.339 e. The van der Waals surface area contributed by atoms with Gasteiger partial charge >= 0.3 is 0 Å². The predicted octanol–water partition coefficient (Wildman–Crippen LogP) is 2.62. The minimum atomic E-state index is -0.282. The molecule has 144 valence electrons. The maximum atomic E-state index is 13.6. The number of nitrogens with zero attached hydrogens (tertiary/aromatic N) is 6. The molecule has 4 saturated carbocycles. The van der Waals surface area contributed by atoms with E-state index in [0.29, 0.717) is 23.7 Å². The van der Waals surface area contributed by atoms with E-state index in [1.807, 2.05) is 34.4 Å². The summed E-state index contributed by atoms with van der Waals surface area (Å²) < 4.78 is 3.80. The molecule has 0 aromatic carbocycles. The van der Waals surface area contributed by atoms with E-state index in [2.05, 4.69) is 15.2 Å². The van der Waals surface area contributed by atoms with E-state index in [-0.39, 0.29) is 16.9 Å². The molecule has 6 rings (SSSR count). The minimum Gasteiger partial charge on any atom is -0.339 e. The molecule has 2 aromatic rings. The molecule has 0 radical (unpaired) electrons. The Morgan fingerprint density at radius 3 is 2.67 bits per heavy atom. The predicted molar refractivity (Wildman–Crippen MR) is 99.8 cm³/mol. The Kier molecular flexibility index (Phi) is 3.70. The van der Waals surface area contributed by atoms with Gasteiger partial charge in [0.2, 0.25) is 11.2 Å². The van der Waals surface area contributed by atoms with Gasteiger partial charge in [0, 0.05) is 20.3 Å². The van der Waals surface area contributed by atoms with Crippen molar-refractivity contribution in [3.8, 4) is 0 Å². The quantitative estimate of drug-likeness (QED) is 0.807. The van der Waals surface area contributed by atoms with E-state index in [9.17, 15) is 4.79 Å². The van der Waals surface area contributed by atoms with Crippen LogP contribution in [0.15, 0.2) is 18.6 Å². The van der Waals surface area contributed by atoms with Gasteiger partial charge in [0.1, 0.15) is 6.33 Å². The second-order valence-corrected chi connectivity index (χ2v) is 9.37. The van der Waals surface area contributed by atoms with Crippen LogP contribution in [0.3, 0.4) is 0 Å². The monoisotopic (exact) mass is 388 g/mol. The minimum absolute atomic E-state index is 0.104. The molecule has 4 bridgehead atoms. The lowest BCUT2D eigenvalue weighted by Gasteiger charge is -2.61. The average Bonchev–Trinajstić information content (AvgIpc) is 3.22. The third kappa shape index (κ3) is 2.62. The van der Waals surface area contributed by atoms with Crippen molar-refractivity contribution in [3.63, 3.8) is 0 Å². The van der Waals surface area contributed by atoms with Gasteiger partial charge in [0.15, 0.2) is 0 Å². The van der Waals surface area contributed by atoms with Crippen LogP contribution >= 0.6 is 11.6 Å². The summed E-state index contributed by atoms with van der Waals surface area (Å²) in [7, 11) is 3.84. The Labute approximate surface area is 163 Å². The molecule has 0 N–H and O–H groups in total. The summed E-state index contributed by atoms with van der Waals surface area (Å²) in [6.07, 6.45) is 9.80. The van der Waals surface area contributed by atoms with Crippen molar-refractivity contribution in [1.29, 1.82) is 0 Å². The summed E-state index contributed by atoms with van der Waals surface area (Å²) in [5.41, 5.74) is 0.664. The molecule has 7 nitrogen and oxygen atoms in total. The lowest BCUT2D eigenvalue weighted by atomic mass is 9.46. The first-order chi connectivity index (χ1) is 12.9. The first-order valence-corrected chi connectivity index (χ1v) is 10.1. The summed E-state index contributed by atoms with van der Waals surface area (Å²) in [6.45, 7) is 0.592. The molecule has 0 saturated heterocycles. The highest BCUT2D eigenvalue weighted by Gasteiger charge is 2.62. The third-order valence-electron chi connectivity index (χ3n) is 7.10. The molecule has 0 spiro atoms. The number of carbonyl (C=O) groups excluding carboxylic acids is 1. The highest BCUT2D eigenvalue weighted by atomic mass is 35.5. The zero-order valence-electron chi connectivity index (χ0n) is 15.8. The number of aryl methyl sites for hydroxylation is 1. The third-order valence-corrected chi connectivity index (χ3v) is 7.28. The van der Waals surface area contributed by atoms with Crippen LogP contribution in [0.25, 0.3) is 0 Å². The van der Waals surface area contributed by atoms with Crippen molar-refractivity contribution in [2.24, 2.45) is 24.3 Å². The number of aromatic nitrogens is 5. The first-order valence-electron chi connectivity index (χ1n) is 9.69. The van der Waals surface area contributed by atoms with Crippen LogP contribution in [-0.2, 0) is 23.9 Å². The molecule has 1 amide bonds. The van der Waals surface area contributed by atoms with E-state index in [1.54, 1.807) is 12.5 Å². The molecule has 2 aromatic heterocycles. The topological polar surface area (TPSA) is 68.8 Å². The van der Waals surface area contributed by atoms with Crippen LogP contribution in [0.4, 0.5) is 0 Å². The van der Waals surface area contributed by atoms with E-state index in [1.165, 1.54) is 6.42 Å². The summed E-state index contributed by atoms with van der Waals surface area (Å²) in [5.74, 6) is 1.44. The van der Waals surface area contributed by atoms with E-state index >= 15 is 0 Å². The van der Waals surface area contributed by atoms with Gasteiger partial charge in [0.25, 0.3) is 0 Å². The summed E-state index contributed by atoms with van der Waals surface area (Å²) in [4.78, 5) is 19.7. The van der Waals surface area contributed by atoms with Crippen molar-refractivity contribution in [2.45, 2.75) is 50.6 Å². The van der Waals surface area contributed by atoms with Crippen LogP contribution in [0.1, 0.15) is 44.2 Å². The van der Waals surface area contributed by atoms with Crippen LogP contribution in [0, 0.1) is 17.3 Å². The maximum absolute atomic E-state index is 13.6. The maximum Gasteiger partial charge on any atom is 0.242 e. The van der Waals surface area contributed by atoms with Gasteiger partial charge in [-0.25, -0.2) is 9.67 Å². The Morgan fingerprint density at radius 1 is 1.33 bits per heavy atom. The van der Waals surface area contributed by atoms with Gasteiger partial charge in [0.05, 0.1) is 23.2 Å². The second-order valence-electron chi connectivity index (χ2n) is 9.03. The first kappa shape index (κ1) is 17.2. The van der Waals surface area contributed by atoms with Crippen LogP contribution in [0.2, 0.25) is 5.28 Å². The molecule has 4 aliphatic rings. The van der Waals surface area contributed by atoms with Gasteiger partial charge in [-0.15, -0.1) is 5.10 Å². The SMILES string of the molecule is CN(Cc1ccnn1C)C(=O)C12CC3CC(C1)CC(n1cnc(Cl)n1)(C3)C2. The van der Waals surface area contributed by atoms with Crippen molar-refractivity contribution in [2.75, 3.05) is 7.05 Å². The lowest BCUT2D eigenvalue weighted by Crippen LogP contribution is -2.61. The molecule has 8 heteroatoms. The van der Waals surface area contributed by atoms with E-state index < -0.39 is 0 Å². The normalized spacial score (nSPS) is 34.2. The Bertz CT molecular complexity index is 874. The van der Waals surface area contributed by atoms with Gasteiger partial charge in [-0.05, 0) is 68.0 Å². The van der Waals surface area contributed by atoms with E-state index in [0.717, 1.165) is 37.8 Å². The van der Waals surface area contributed by atoms with Gasteiger partial charge in [-0.1, -0.05) is 0 Å². The Morgan fingerprint density at radius 2 is 2.07 bits per heavy atom. The number of carbonyl (C=O) groups is 1. The van der Waals surface area contributed by atoms with Crippen molar-refractivity contribution in [3.05, 3.63) is 29.6 Å². The molecule has 2 atom stereocenters. The van der Waals surface area contributed by atoms with Gasteiger partial charge < -0.3 is 4.90 Å². The van der Waals surface area contributed by atoms with Crippen LogP contribution in [-0.4, -0.2) is 42.4 Å². The molecular weight excluding hydrogens is 364 g/mol. The molecular formula is C19H25ClN6O. The zero-order valence-corrected chi connectivity index (χ0v) is 16.6. The molecule has 2 unspecified atom stereocenters. The van der Waals surface area contributed by atoms with E-state index in [4.69, 9.17) is 11.6 Å². The van der Waals surface area contributed by atoms with Crippen molar-refractivity contribution >= 4 is 17.5 Å². The summed E-state index contributed by atoms with van der Waals surface area (Å²) in [5, 5.41) is 8.96. The number of amides is 1. The fourth-order valence-corrected chi connectivity index (χ4v) is 6.61. The lowest BCUT2D eigenvalue weighted by molar-refractivity contribution is -0.166. The number of halogens is 1. The Balaban J connectivity index is 1.45. The average molecular weight is 389 g/mol. The van der Waals surface area contributed by atoms with Crippen LogP contribution < -0.4 is 0 Å². The summed E-state index contributed by atoms with van der Waals surface area (Å²) >= 11 is 6.02. The highest BCUT2D eigenvalue weighted by Crippen LogP contribution is 2.64. The van der Waals surface area contributed by atoms with Crippen LogP contribution in [0.5, 0.6) is 0 Å². The number of hydrogen-bond donors (Lipinski definition) is 0. The molecule has 27 heavy (non-hydrogen) atoms. The summed E-state index contributed by atoms with van der Waals surface area (Å²) in [6, 6.07) is 1.97. The molecule has 4 fully saturated rings. The van der Waals surface area contributed by atoms with Gasteiger partial charge in [-0.2, -0.15) is 5.10 Å². The zero-order chi connectivity index (χ0) is 18.8. The number of hydrogen-bond acceptors (Lipinski definition) is 4. The smallest absolute Gasteiger partial charge is 0.242 e. The molecule has 4 aliphatic carbocycles. The second kappa shape index (κ2) is 5.80. The standard InChI is InChI=1S/C19H25ClN6O/c1-24(10-15-3-4-22-25(15)2)16(27)18-6-13-5-14(7-18)9-19(8-13,11-18)26-12-21-17(20)23-26/h3-4,12-14H,5-11H2,1-2H3. The highest BCUT2D eigenvalue weighted by molar-refractivity contribution is 6.28. The number of rotatable bonds is 4. The fourth-order valence-electron chi connectivity index (χ4n) is 6.48. The molecule has 0 aliphatic heterocycles. The fraction of sp³-hybridized carbons (Fsp3) is 0.684. The van der Waals surface area contributed by atoms with Crippen molar-refractivity contribution in [1.82, 2.24) is 29.4 Å². The Hall–Kier alpha value is -1.89. The van der Waals surface area contributed by atoms with Crippen molar-refractivity contribution < 1.29 is 4.79 Å². The molecule has 2 heterocycles. The van der Waals surface area contributed by atoms with Gasteiger partial charge in [-0.3, -0.25) is 9.48 Å².